The molecule has 1 fully saturated rings. The number of likely N-dealkylation sites (tertiary alicyclic amines) is 1. The van der Waals surface area contributed by atoms with Crippen molar-refractivity contribution in [1.82, 2.24) is 26.2 Å². The molecule has 0 bridgehead atoms. The summed E-state index contributed by atoms with van der Waals surface area (Å²) in [6.45, 7) is 4.71. The first-order valence-electron chi connectivity index (χ1n) is 14.6. The molecule has 12 nitrogen and oxygen atoms in total. The SMILES string of the molecule is Cc1ccc(C(CNC2=NCCN2)CC(=O)N2CCC(C(=O)NC[C@H](NC(=O)OCc3ccccc3)C(=O)O)CC2)cc1. The summed E-state index contributed by atoms with van der Waals surface area (Å²) in [5, 5.41) is 21.0. The number of ether oxygens (including phenoxy) is 1. The summed E-state index contributed by atoms with van der Waals surface area (Å²) in [5.74, 6) is -1.21. The Labute approximate surface area is 251 Å². The zero-order valence-electron chi connectivity index (χ0n) is 24.4. The van der Waals surface area contributed by atoms with Crippen LogP contribution in [0.25, 0.3) is 0 Å². The number of amides is 3. The van der Waals surface area contributed by atoms with Crippen LogP contribution in [0.4, 0.5) is 4.79 Å². The number of carbonyl (C=O) groups excluding carboxylic acids is 3. The van der Waals surface area contributed by atoms with Crippen LogP contribution in [-0.2, 0) is 25.7 Å². The van der Waals surface area contributed by atoms with Crippen molar-refractivity contribution in [2.24, 2.45) is 10.9 Å². The van der Waals surface area contributed by atoms with Crippen molar-refractivity contribution in [2.45, 2.75) is 44.8 Å². The van der Waals surface area contributed by atoms with Gasteiger partial charge in [0, 0.05) is 51.0 Å². The van der Waals surface area contributed by atoms with Crippen LogP contribution in [0.5, 0.6) is 0 Å². The van der Waals surface area contributed by atoms with E-state index in [-0.39, 0.29) is 36.8 Å². The predicted molar refractivity (Wildman–Crippen MR) is 160 cm³/mol. The number of piperidine rings is 1. The molecule has 2 aromatic rings. The molecule has 1 saturated heterocycles. The van der Waals surface area contributed by atoms with E-state index in [1.165, 1.54) is 0 Å². The minimum atomic E-state index is -1.34. The molecule has 1 unspecified atom stereocenters. The normalized spacial score (nSPS) is 16.3. The molecule has 4 rings (SSSR count). The van der Waals surface area contributed by atoms with E-state index in [0.29, 0.717) is 38.9 Å². The van der Waals surface area contributed by atoms with E-state index < -0.39 is 18.1 Å². The molecule has 2 heterocycles. The fourth-order valence-electron chi connectivity index (χ4n) is 5.07. The Balaban J connectivity index is 1.22. The summed E-state index contributed by atoms with van der Waals surface area (Å²) in [6, 6.07) is 15.9. The van der Waals surface area contributed by atoms with Gasteiger partial charge in [-0.05, 0) is 30.9 Å². The summed E-state index contributed by atoms with van der Waals surface area (Å²) < 4.78 is 5.09. The van der Waals surface area contributed by atoms with Crippen molar-refractivity contribution in [3.05, 3.63) is 71.3 Å². The van der Waals surface area contributed by atoms with Gasteiger partial charge in [0.05, 0.1) is 6.54 Å². The van der Waals surface area contributed by atoms with Crippen molar-refractivity contribution in [3.8, 4) is 0 Å². The maximum Gasteiger partial charge on any atom is 0.408 e. The largest absolute Gasteiger partial charge is 0.480 e. The average Bonchev–Trinajstić information content (AvgIpc) is 3.55. The topological polar surface area (TPSA) is 161 Å². The minimum absolute atomic E-state index is 0.00253. The molecule has 2 atom stereocenters. The van der Waals surface area contributed by atoms with Gasteiger partial charge in [-0.2, -0.15) is 0 Å². The predicted octanol–water partition coefficient (Wildman–Crippen LogP) is 1.75. The van der Waals surface area contributed by atoms with Gasteiger partial charge in [0.1, 0.15) is 12.6 Å². The molecule has 0 saturated carbocycles. The Morgan fingerprint density at radius 1 is 1.05 bits per heavy atom. The molecule has 3 amide bonds. The third kappa shape index (κ3) is 9.73. The van der Waals surface area contributed by atoms with Gasteiger partial charge in [0.25, 0.3) is 0 Å². The molecule has 0 aromatic heterocycles. The molecule has 230 valence electrons. The Morgan fingerprint density at radius 3 is 2.42 bits per heavy atom. The number of hydrogen-bond acceptors (Lipinski definition) is 8. The van der Waals surface area contributed by atoms with Crippen LogP contribution >= 0.6 is 0 Å². The Hall–Kier alpha value is -4.61. The van der Waals surface area contributed by atoms with Gasteiger partial charge >= 0.3 is 12.1 Å². The van der Waals surface area contributed by atoms with Crippen LogP contribution < -0.4 is 21.3 Å². The van der Waals surface area contributed by atoms with Crippen LogP contribution in [0.3, 0.4) is 0 Å². The number of rotatable bonds is 12. The zero-order valence-corrected chi connectivity index (χ0v) is 24.4. The number of alkyl carbamates (subject to hydrolysis) is 1. The number of nitrogens with zero attached hydrogens (tertiary/aromatic N) is 2. The molecular formula is C31H40N6O6. The van der Waals surface area contributed by atoms with E-state index in [9.17, 15) is 24.3 Å². The van der Waals surface area contributed by atoms with Crippen molar-refractivity contribution >= 4 is 29.8 Å². The van der Waals surface area contributed by atoms with E-state index in [1.54, 1.807) is 29.2 Å². The quantitative estimate of drug-likeness (QED) is 0.249. The number of carboxylic acids is 1. The lowest BCUT2D eigenvalue weighted by molar-refractivity contribution is -0.140. The number of benzene rings is 2. The van der Waals surface area contributed by atoms with Crippen LogP contribution in [0.2, 0.25) is 0 Å². The first-order valence-corrected chi connectivity index (χ1v) is 14.6. The van der Waals surface area contributed by atoms with Gasteiger partial charge in [-0.15, -0.1) is 0 Å². The number of carbonyl (C=O) groups is 4. The lowest BCUT2D eigenvalue weighted by Gasteiger charge is -2.32. The molecule has 2 aromatic carbocycles. The Kier molecular flexibility index (Phi) is 11.3. The second-order valence-corrected chi connectivity index (χ2v) is 10.8. The summed E-state index contributed by atoms with van der Waals surface area (Å²) >= 11 is 0. The highest BCUT2D eigenvalue weighted by Gasteiger charge is 2.30. The van der Waals surface area contributed by atoms with Crippen molar-refractivity contribution < 1.29 is 29.0 Å². The lowest BCUT2D eigenvalue weighted by Crippen LogP contribution is -2.50. The molecular weight excluding hydrogens is 552 g/mol. The van der Waals surface area contributed by atoms with E-state index in [1.807, 2.05) is 25.1 Å². The van der Waals surface area contributed by atoms with Gasteiger partial charge in [0.2, 0.25) is 11.8 Å². The monoisotopic (exact) mass is 592 g/mol. The molecule has 5 N–H and O–H groups in total. The first kappa shape index (κ1) is 31.3. The highest BCUT2D eigenvalue weighted by Crippen LogP contribution is 2.24. The second-order valence-electron chi connectivity index (χ2n) is 10.8. The molecule has 0 aliphatic carbocycles. The lowest BCUT2D eigenvalue weighted by atomic mass is 9.92. The number of aliphatic carboxylic acids is 1. The van der Waals surface area contributed by atoms with Crippen LogP contribution in [-0.4, -0.2) is 85.2 Å². The standard InChI is InChI=1S/C31H40N6O6/c1-21-7-9-23(10-8-21)25(18-35-30-32-13-14-33-30)17-27(38)37-15-11-24(12-16-37)28(39)34-19-26(29(40)41)36-31(42)43-20-22-5-3-2-4-6-22/h2-10,24-26H,11-20H2,1H3,(H,34,39)(H,36,42)(H,40,41)(H2,32,33,35)/t25?,26-/m0/s1. The maximum atomic E-state index is 13.3. The molecule has 0 radical (unpaired) electrons. The van der Waals surface area contributed by atoms with Crippen molar-refractivity contribution in [3.63, 3.8) is 0 Å². The van der Waals surface area contributed by atoms with Crippen LogP contribution in [0.1, 0.15) is 41.9 Å². The minimum Gasteiger partial charge on any atom is -0.480 e. The average molecular weight is 593 g/mol. The molecule has 43 heavy (non-hydrogen) atoms. The van der Waals surface area contributed by atoms with E-state index >= 15 is 0 Å². The molecule has 12 heteroatoms. The third-order valence-electron chi connectivity index (χ3n) is 7.66. The number of carboxylic acid groups (broad SMARTS) is 1. The Bertz CT molecular complexity index is 1280. The van der Waals surface area contributed by atoms with Crippen molar-refractivity contribution in [1.29, 1.82) is 0 Å². The van der Waals surface area contributed by atoms with E-state index in [0.717, 1.165) is 35.7 Å². The summed E-state index contributed by atoms with van der Waals surface area (Å²) in [5.41, 5.74) is 2.99. The fraction of sp³-hybridized carbons (Fsp3) is 0.452. The summed E-state index contributed by atoms with van der Waals surface area (Å²) in [4.78, 5) is 56.1. The van der Waals surface area contributed by atoms with Gasteiger partial charge < -0.3 is 36.0 Å². The van der Waals surface area contributed by atoms with Crippen molar-refractivity contribution in [2.75, 3.05) is 39.3 Å². The van der Waals surface area contributed by atoms with Gasteiger partial charge in [-0.3, -0.25) is 14.6 Å². The second kappa shape index (κ2) is 15.6. The summed E-state index contributed by atoms with van der Waals surface area (Å²) in [6.07, 6.45) is 0.377. The zero-order chi connectivity index (χ0) is 30.6. The molecule has 2 aliphatic heterocycles. The van der Waals surface area contributed by atoms with Gasteiger partial charge in [0.15, 0.2) is 5.96 Å². The van der Waals surface area contributed by atoms with E-state index in [2.05, 4.69) is 38.4 Å². The number of guanidine groups is 1. The van der Waals surface area contributed by atoms with E-state index in [4.69, 9.17) is 4.74 Å². The number of nitrogens with one attached hydrogen (secondary N) is 4. The van der Waals surface area contributed by atoms with Crippen LogP contribution in [0, 0.1) is 12.8 Å². The Morgan fingerprint density at radius 2 is 1.77 bits per heavy atom. The smallest absolute Gasteiger partial charge is 0.408 e. The van der Waals surface area contributed by atoms with Gasteiger partial charge in [-0.25, -0.2) is 9.59 Å². The third-order valence-corrected chi connectivity index (χ3v) is 7.66. The number of hydrogen-bond donors (Lipinski definition) is 5. The first-order chi connectivity index (χ1) is 20.8. The van der Waals surface area contributed by atoms with Crippen LogP contribution in [0.15, 0.2) is 59.6 Å². The fourth-order valence-corrected chi connectivity index (χ4v) is 5.07. The number of aliphatic imine (C=N–C) groups is 1. The highest BCUT2D eigenvalue weighted by atomic mass is 16.5. The molecule has 0 spiro atoms. The summed E-state index contributed by atoms with van der Waals surface area (Å²) in [7, 11) is 0. The number of aryl methyl sites for hydroxylation is 1. The van der Waals surface area contributed by atoms with Gasteiger partial charge in [-0.1, -0.05) is 60.2 Å². The highest BCUT2D eigenvalue weighted by molar-refractivity contribution is 5.83. The molecule has 2 aliphatic rings. The maximum absolute atomic E-state index is 13.3.